The van der Waals surface area contributed by atoms with E-state index in [0.29, 0.717) is 17.9 Å². The number of hydrogen-bond acceptors (Lipinski definition) is 4. The van der Waals surface area contributed by atoms with Crippen LogP contribution in [0.3, 0.4) is 0 Å². The van der Waals surface area contributed by atoms with Gasteiger partial charge in [-0.1, -0.05) is 11.6 Å². The van der Waals surface area contributed by atoms with E-state index in [1.54, 1.807) is 6.07 Å². The second kappa shape index (κ2) is 7.21. The summed E-state index contributed by atoms with van der Waals surface area (Å²) < 4.78 is 70.1. The van der Waals surface area contributed by atoms with Crippen molar-refractivity contribution < 1.29 is 26.3 Å². The molecule has 2 rings (SSSR count). The van der Waals surface area contributed by atoms with Crippen LogP contribution in [-0.2, 0) is 16.2 Å². The normalized spacial score (nSPS) is 11.6. The summed E-state index contributed by atoms with van der Waals surface area (Å²) >= 11 is 5.74. The van der Waals surface area contributed by atoms with Gasteiger partial charge < -0.3 is 4.74 Å². The average Bonchev–Trinajstić information content (AvgIpc) is 2.53. The Bertz CT molecular complexity index is 907. The predicted octanol–water partition coefficient (Wildman–Crippen LogP) is 4.06. The minimum absolute atomic E-state index is 0.0952. The highest BCUT2D eigenvalue weighted by atomic mass is 35.5. The summed E-state index contributed by atoms with van der Waals surface area (Å²) in [5.41, 5.74) is -1.03. The van der Waals surface area contributed by atoms with Gasteiger partial charge in [0.05, 0.1) is 10.6 Å². The Morgan fingerprint density at radius 2 is 1.80 bits per heavy atom. The van der Waals surface area contributed by atoms with Crippen molar-refractivity contribution in [2.75, 3.05) is 11.3 Å². The molecule has 10 heteroatoms. The van der Waals surface area contributed by atoms with E-state index in [1.807, 2.05) is 0 Å². The molecule has 0 saturated heterocycles. The molecule has 0 fully saturated rings. The van der Waals surface area contributed by atoms with Crippen LogP contribution >= 0.6 is 11.6 Å². The van der Waals surface area contributed by atoms with Gasteiger partial charge in [0.2, 0.25) is 0 Å². The number of nitriles is 1. The zero-order valence-electron chi connectivity index (χ0n) is 12.3. The third-order valence-corrected chi connectivity index (χ3v) is 4.82. The molecule has 2 aromatic rings. The lowest BCUT2D eigenvalue weighted by molar-refractivity contribution is -0.137. The summed E-state index contributed by atoms with van der Waals surface area (Å²) in [5, 5.41) is 8.07. The zero-order chi connectivity index (χ0) is 18.7. The van der Waals surface area contributed by atoms with Crippen LogP contribution in [0, 0.1) is 11.3 Å². The summed E-state index contributed by atoms with van der Waals surface area (Å²) in [5.74, 6) is 0.335. The SMILES string of the molecule is N#CCOc1ccc(NS(=O)(=O)c2cc(C(F)(F)F)ccc2Cl)cc1. The van der Waals surface area contributed by atoms with E-state index >= 15 is 0 Å². The summed E-state index contributed by atoms with van der Waals surface area (Å²) in [6.45, 7) is -0.176. The Morgan fingerprint density at radius 1 is 1.16 bits per heavy atom. The highest BCUT2D eigenvalue weighted by Gasteiger charge is 2.32. The van der Waals surface area contributed by atoms with Crippen LogP contribution in [0.5, 0.6) is 5.75 Å². The fraction of sp³-hybridized carbons (Fsp3) is 0.133. The van der Waals surface area contributed by atoms with E-state index in [9.17, 15) is 21.6 Å². The van der Waals surface area contributed by atoms with Gasteiger partial charge in [-0.3, -0.25) is 4.72 Å². The fourth-order valence-corrected chi connectivity index (χ4v) is 3.42. The Kier molecular flexibility index (Phi) is 5.45. The van der Waals surface area contributed by atoms with Crippen molar-refractivity contribution >= 4 is 27.3 Å². The van der Waals surface area contributed by atoms with E-state index in [2.05, 4.69) is 4.72 Å². The number of alkyl halides is 3. The predicted molar refractivity (Wildman–Crippen MR) is 84.8 cm³/mol. The van der Waals surface area contributed by atoms with E-state index < -0.39 is 26.7 Å². The number of benzene rings is 2. The zero-order valence-corrected chi connectivity index (χ0v) is 13.9. The number of ether oxygens (including phenoxy) is 1. The van der Waals surface area contributed by atoms with Gasteiger partial charge in [0.15, 0.2) is 6.61 Å². The standard InChI is InChI=1S/C15H10ClF3N2O3S/c16-13-6-1-10(15(17,18)19)9-14(13)25(22,23)21-11-2-4-12(5-3-11)24-8-7-20/h1-6,9,21H,8H2. The fourth-order valence-electron chi connectivity index (χ4n) is 1.83. The van der Waals surface area contributed by atoms with Gasteiger partial charge in [-0.25, -0.2) is 8.42 Å². The lowest BCUT2D eigenvalue weighted by Crippen LogP contribution is -2.15. The Balaban J connectivity index is 2.29. The monoisotopic (exact) mass is 390 g/mol. The highest BCUT2D eigenvalue weighted by Crippen LogP contribution is 2.34. The number of halogens is 4. The largest absolute Gasteiger partial charge is 0.479 e. The maximum Gasteiger partial charge on any atom is 0.416 e. The topological polar surface area (TPSA) is 79.2 Å². The molecule has 0 spiro atoms. The second-order valence-electron chi connectivity index (χ2n) is 4.72. The summed E-state index contributed by atoms with van der Waals surface area (Å²) in [6.07, 6.45) is -4.70. The molecular formula is C15H10ClF3N2O3S. The van der Waals surface area contributed by atoms with Crippen molar-refractivity contribution in [2.45, 2.75) is 11.1 Å². The first kappa shape index (κ1) is 18.9. The van der Waals surface area contributed by atoms with Crippen LogP contribution in [0.4, 0.5) is 18.9 Å². The van der Waals surface area contributed by atoms with E-state index in [0.717, 1.165) is 6.07 Å². The molecule has 25 heavy (non-hydrogen) atoms. The third-order valence-electron chi connectivity index (χ3n) is 2.96. The van der Waals surface area contributed by atoms with Crippen molar-refractivity contribution in [3.63, 3.8) is 0 Å². The molecule has 0 aliphatic rings. The molecular weight excluding hydrogens is 381 g/mol. The molecule has 0 aliphatic heterocycles. The molecule has 0 atom stereocenters. The maximum absolute atomic E-state index is 12.8. The van der Waals surface area contributed by atoms with Crippen molar-refractivity contribution in [1.82, 2.24) is 0 Å². The summed E-state index contributed by atoms with van der Waals surface area (Å²) in [4.78, 5) is -0.686. The lowest BCUT2D eigenvalue weighted by atomic mass is 10.2. The van der Waals surface area contributed by atoms with Crippen LogP contribution in [-0.4, -0.2) is 15.0 Å². The molecule has 0 heterocycles. The molecule has 1 N–H and O–H groups in total. The summed E-state index contributed by atoms with van der Waals surface area (Å²) in [6, 6.07) is 9.30. The first-order chi connectivity index (χ1) is 11.6. The van der Waals surface area contributed by atoms with Gasteiger partial charge >= 0.3 is 6.18 Å². The summed E-state index contributed by atoms with van der Waals surface area (Å²) in [7, 11) is -4.33. The van der Waals surface area contributed by atoms with Crippen molar-refractivity contribution in [2.24, 2.45) is 0 Å². The number of rotatable bonds is 5. The Morgan fingerprint density at radius 3 is 2.36 bits per heavy atom. The van der Waals surface area contributed by atoms with E-state index in [4.69, 9.17) is 21.6 Å². The number of nitrogens with one attached hydrogen (secondary N) is 1. The molecule has 0 saturated carbocycles. The first-order valence-corrected chi connectivity index (χ1v) is 8.49. The van der Waals surface area contributed by atoms with E-state index in [-0.39, 0.29) is 17.3 Å². The molecule has 0 radical (unpaired) electrons. The van der Waals surface area contributed by atoms with E-state index in [1.165, 1.54) is 24.3 Å². The van der Waals surface area contributed by atoms with Crippen LogP contribution in [0.1, 0.15) is 5.56 Å². The second-order valence-corrected chi connectivity index (χ2v) is 6.78. The van der Waals surface area contributed by atoms with Gasteiger partial charge in [-0.2, -0.15) is 18.4 Å². The minimum Gasteiger partial charge on any atom is -0.479 e. The first-order valence-electron chi connectivity index (χ1n) is 6.63. The maximum atomic E-state index is 12.8. The van der Waals surface area contributed by atoms with Gasteiger partial charge in [0.25, 0.3) is 10.0 Å². The van der Waals surface area contributed by atoms with Crippen molar-refractivity contribution in [1.29, 1.82) is 5.26 Å². The molecule has 0 aliphatic carbocycles. The molecule has 0 amide bonds. The molecule has 2 aromatic carbocycles. The molecule has 0 bridgehead atoms. The van der Waals surface area contributed by atoms with Gasteiger partial charge in [-0.15, -0.1) is 0 Å². The number of anilines is 1. The quantitative estimate of drug-likeness (QED) is 0.834. The number of nitrogens with zero attached hydrogens (tertiary/aromatic N) is 1. The molecule has 0 aromatic heterocycles. The van der Waals surface area contributed by atoms with Gasteiger partial charge in [0, 0.05) is 5.69 Å². The average molecular weight is 391 g/mol. The lowest BCUT2D eigenvalue weighted by Gasteiger charge is -2.13. The van der Waals surface area contributed by atoms with Crippen LogP contribution in [0.2, 0.25) is 5.02 Å². The smallest absolute Gasteiger partial charge is 0.416 e. The van der Waals surface area contributed by atoms with Crippen LogP contribution in [0.25, 0.3) is 0 Å². The third kappa shape index (κ3) is 4.78. The molecule has 132 valence electrons. The molecule has 0 unspecified atom stereocenters. The Hall–Kier alpha value is -2.44. The van der Waals surface area contributed by atoms with Crippen molar-refractivity contribution in [3.05, 3.63) is 53.1 Å². The Labute approximate surface area is 146 Å². The number of sulfonamides is 1. The van der Waals surface area contributed by atoms with Gasteiger partial charge in [0.1, 0.15) is 16.7 Å². The van der Waals surface area contributed by atoms with Crippen LogP contribution < -0.4 is 9.46 Å². The van der Waals surface area contributed by atoms with Crippen molar-refractivity contribution in [3.8, 4) is 11.8 Å². The molecule has 5 nitrogen and oxygen atoms in total. The highest BCUT2D eigenvalue weighted by molar-refractivity contribution is 7.92. The van der Waals surface area contributed by atoms with Gasteiger partial charge in [-0.05, 0) is 42.5 Å². The number of hydrogen-bond donors (Lipinski definition) is 1. The van der Waals surface area contributed by atoms with Crippen LogP contribution in [0.15, 0.2) is 47.4 Å². The minimum atomic E-state index is -4.70.